The molecule has 2 saturated heterocycles. The molecule has 1 amide bonds. The van der Waals surface area contributed by atoms with Crippen LogP contribution in [0.5, 0.6) is 5.88 Å². The van der Waals surface area contributed by atoms with Crippen molar-refractivity contribution in [3.8, 4) is 17.3 Å². The van der Waals surface area contributed by atoms with E-state index in [9.17, 15) is 18.0 Å². The average molecular weight is 443 g/mol. The number of carbonyl (C=O) groups is 1. The third-order valence-corrected chi connectivity index (χ3v) is 6.20. The van der Waals surface area contributed by atoms with Crippen LogP contribution in [0, 0.1) is 6.92 Å². The molecular weight excluding hydrogens is 423 g/mol. The molecule has 32 heavy (non-hydrogen) atoms. The van der Waals surface area contributed by atoms with Gasteiger partial charge in [-0.1, -0.05) is 12.1 Å². The van der Waals surface area contributed by atoms with Gasteiger partial charge in [0.1, 0.15) is 12.4 Å². The smallest absolute Gasteiger partial charge is 0.417 e. The third kappa shape index (κ3) is 3.51. The number of ether oxygens (including phenoxy) is 1. The van der Waals surface area contributed by atoms with Gasteiger partial charge in [-0.2, -0.15) is 13.2 Å². The number of alkyl halides is 3. The Morgan fingerprint density at radius 2 is 2.03 bits per heavy atom. The highest BCUT2D eigenvalue weighted by Crippen LogP contribution is 2.41. The summed E-state index contributed by atoms with van der Waals surface area (Å²) >= 11 is 0. The van der Waals surface area contributed by atoms with E-state index in [2.05, 4.69) is 9.97 Å². The molecule has 4 heterocycles. The van der Waals surface area contributed by atoms with Crippen molar-refractivity contribution >= 4 is 5.91 Å². The van der Waals surface area contributed by atoms with E-state index >= 15 is 0 Å². The standard InChI is InChI=1S/C23H20F3N3O3/c1-13-3-2-4-16(20(13)21-27-9-10-31-21)22(30)29-15-6-7-17(29)18(11-15)32-19-8-5-14(12-28-19)23(24,25)26/h2-5,8-10,12,15,17-18H,6-7,11H2,1H3/t15-,17+,18-/m1/s1. The maximum absolute atomic E-state index is 13.6. The Labute approximate surface area is 182 Å². The molecule has 6 nitrogen and oxygen atoms in total. The molecule has 3 aromatic rings. The molecule has 3 atom stereocenters. The van der Waals surface area contributed by atoms with Crippen LogP contribution in [0.25, 0.3) is 11.5 Å². The van der Waals surface area contributed by atoms with Gasteiger partial charge in [0, 0.05) is 24.7 Å². The van der Waals surface area contributed by atoms with E-state index in [0.717, 1.165) is 30.7 Å². The van der Waals surface area contributed by atoms with E-state index in [-0.39, 0.29) is 30.0 Å². The fourth-order valence-electron chi connectivity index (χ4n) is 4.77. The number of benzene rings is 1. The number of halogens is 3. The number of pyridine rings is 1. The summed E-state index contributed by atoms with van der Waals surface area (Å²) in [4.78, 5) is 23.5. The average Bonchev–Trinajstić information content (AvgIpc) is 3.49. The number of oxazole rings is 1. The summed E-state index contributed by atoms with van der Waals surface area (Å²) in [7, 11) is 0. The topological polar surface area (TPSA) is 68.5 Å². The lowest BCUT2D eigenvalue weighted by Gasteiger charge is -2.25. The van der Waals surface area contributed by atoms with E-state index in [1.54, 1.807) is 6.07 Å². The first kappa shape index (κ1) is 20.5. The van der Waals surface area contributed by atoms with Crippen molar-refractivity contribution in [1.29, 1.82) is 0 Å². The van der Waals surface area contributed by atoms with Gasteiger partial charge in [-0.15, -0.1) is 0 Å². The highest BCUT2D eigenvalue weighted by atomic mass is 19.4. The lowest BCUT2D eigenvalue weighted by Crippen LogP contribution is -2.39. The third-order valence-electron chi connectivity index (χ3n) is 6.20. The van der Waals surface area contributed by atoms with Crippen molar-refractivity contribution in [3.05, 3.63) is 65.7 Å². The molecule has 5 rings (SSSR count). The minimum absolute atomic E-state index is 0.00451. The predicted octanol–water partition coefficient (Wildman–Crippen LogP) is 4.89. The number of aromatic nitrogens is 2. The molecule has 2 bridgehead atoms. The van der Waals surface area contributed by atoms with Gasteiger partial charge in [0.15, 0.2) is 0 Å². The van der Waals surface area contributed by atoms with Gasteiger partial charge in [-0.25, -0.2) is 9.97 Å². The maximum Gasteiger partial charge on any atom is 0.417 e. The minimum atomic E-state index is -4.45. The summed E-state index contributed by atoms with van der Waals surface area (Å²) < 4.78 is 49.7. The molecule has 0 radical (unpaired) electrons. The van der Waals surface area contributed by atoms with Gasteiger partial charge >= 0.3 is 6.18 Å². The van der Waals surface area contributed by atoms with Gasteiger partial charge in [0.2, 0.25) is 11.8 Å². The number of hydrogen-bond acceptors (Lipinski definition) is 5. The number of amides is 1. The Kier molecular flexibility index (Phi) is 4.91. The molecule has 2 aliphatic heterocycles. The van der Waals surface area contributed by atoms with Gasteiger partial charge in [0.05, 0.1) is 28.9 Å². The number of aryl methyl sites for hydroxylation is 1. The van der Waals surface area contributed by atoms with Gasteiger partial charge < -0.3 is 14.1 Å². The highest BCUT2D eigenvalue weighted by molar-refractivity contribution is 6.01. The summed E-state index contributed by atoms with van der Waals surface area (Å²) in [6.07, 6.45) is 1.23. The van der Waals surface area contributed by atoms with Crippen molar-refractivity contribution in [3.63, 3.8) is 0 Å². The van der Waals surface area contributed by atoms with Crippen LogP contribution in [0.15, 0.2) is 53.4 Å². The molecule has 0 spiro atoms. The summed E-state index contributed by atoms with van der Waals surface area (Å²) in [5, 5.41) is 0. The SMILES string of the molecule is Cc1cccc(C(=O)N2[C@@H]3CC[C@H]2[C@H](Oc2ccc(C(F)(F)F)cn2)C3)c1-c1ncco1. The van der Waals surface area contributed by atoms with E-state index in [1.807, 2.05) is 24.0 Å². The molecule has 9 heteroatoms. The van der Waals surface area contributed by atoms with Crippen LogP contribution in [0.3, 0.4) is 0 Å². The van der Waals surface area contributed by atoms with Gasteiger partial charge in [0.25, 0.3) is 5.91 Å². The zero-order valence-corrected chi connectivity index (χ0v) is 17.2. The number of nitrogens with zero attached hydrogens (tertiary/aromatic N) is 3. The van der Waals surface area contributed by atoms with Crippen LogP contribution < -0.4 is 4.74 Å². The Hall–Kier alpha value is -3.36. The van der Waals surface area contributed by atoms with E-state index in [0.29, 0.717) is 23.4 Å². The first-order chi connectivity index (χ1) is 15.3. The van der Waals surface area contributed by atoms with Crippen LogP contribution in [-0.2, 0) is 6.18 Å². The van der Waals surface area contributed by atoms with Crippen LogP contribution in [0.2, 0.25) is 0 Å². The van der Waals surface area contributed by atoms with Crippen molar-refractivity contribution in [2.45, 2.75) is 50.6 Å². The zero-order valence-electron chi connectivity index (χ0n) is 17.2. The lowest BCUT2D eigenvalue weighted by molar-refractivity contribution is -0.137. The zero-order chi connectivity index (χ0) is 22.5. The summed E-state index contributed by atoms with van der Waals surface area (Å²) in [5.74, 6) is 0.389. The molecule has 1 aromatic carbocycles. The number of carbonyl (C=O) groups excluding carboxylic acids is 1. The Balaban J connectivity index is 1.38. The van der Waals surface area contributed by atoms with Crippen molar-refractivity contribution in [1.82, 2.24) is 14.9 Å². The highest BCUT2D eigenvalue weighted by Gasteiger charge is 2.50. The fourth-order valence-corrected chi connectivity index (χ4v) is 4.77. The van der Waals surface area contributed by atoms with Crippen LogP contribution in [0.4, 0.5) is 13.2 Å². The molecule has 0 saturated carbocycles. The molecule has 166 valence electrons. The number of rotatable bonds is 4. The molecule has 0 aliphatic carbocycles. The first-order valence-electron chi connectivity index (χ1n) is 10.3. The molecule has 2 fully saturated rings. The minimum Gasteiger partial charge on any atom is -0.472 e. The molecule has 2 aromatic heterocycles. The molecule has 0 N–H and O–H groups in total. The van der Waals surface area contributed by atoms with Crippen molar-refractivity contribution in [2.75, 3.05) is 0 Å². The van der Waals surface area contributed by atoms with Gasteiger partial charge in [-0.3, -0.25) is 4.79 Å². The quantitative estimate of drug-likeness (QED) is 0.575. The second-order valence-electron chi connectivity index (χ2n) is 8.12. The van der Waals surface area contributed by atoms with Crippen LogP contribution in [-0.4, -0.2) is 39.0 Å². The summed E-state index contributed by atoms with van der Waals surface area (Å²) in [5.41, 5.74) is 1.23. The van der Waals surface area contributed by atoms with Crippen molar-refractivity contribution < 1.29 is 27.1 Å². The van der Waals surface area contributed by atoms with Gasteiger partial charge in [-0.05, 0) is 37.5 Å². The number of hydrogen-bond donors (Lipinski definition) is 0. The van der Waals surface area contributed by atoms with E-state index in [1.165, 1.54) is 18.5 Å². The Morgan fingerprint density at radius 1 is 1.19 bits per heavy atom. The van der Waals surface area contributed by atoms with Crippen LogP contribution in [0.1, 0.15) is 40.7 Å². The van der Waals surface area contributed by atoms with Crippen molar-refractivity contribution in [2.24, 2.45) is 0 Å². The lowest BCUT2D eigenvalue weighted by atomic mass is 9.98. The second kappa shape index (κ2) is 7.65. The summed E-state index contributed by atoms with van der Waals surface area (Å²) in [6.45, 7) is 1.90. The number of fused-ring (bicyclic) bond motifs is 2. The van der Waals surface area contributed by atoms with E-state index < -0.39 is 11.7 Å². The normalized spacial score (nSPS) is 22.4. The maximum atomic E-state index is 13.6. The van der Waals surface area contributed by atoms with E-state index in [4.69, 9.17) is 9.15 Å². The molecule has 2 aliphatic rings. The second-order valence-corrected chi connectivity index (χ2v) is 8.12. The monoisotopic (exact) mass is 443 g/mol. The molecular formula is C23H20F3N3O3. The predicted molar refractivity (Wildman–Crippen MR) is 108 cm³/mol. The summed E-state index contributed by atoms with van der Waals surface area (Å²) in [6, 6.07) is 7.50. The Morgan fingerprint density at radius 3 is 2.72 bits per heavy atom. The fraction of sp³-hybridized carbons (Fsp3) is 0.348. The Bertz CT molecular complexity index is 1130. The van der Waals surface area contributed by atoms with Crippen LogP contribution >= 0.6 is 0 Å². The largest absolute Gasteiger partial charge is 0.472 e. The molecule has 0 unspecified atom stereocenters. The first-order valence-corrected chi connectivity index (χ1v) is 10.3.